The summed E-state index contributed by atoms with van der Waals surface area (Å²) in [5, 5.41) is 2.52. The van der Waals surface area contributed by atoms with E-state index in [0.29, 0.717) is 5.56 Å². The first-order valence-electron chi connectivity index (χ1n) is 6.86. The second kappa shape index (κ2) is 8.10. The Morgan fingerprint density at radius 2 is 1.78 bits per heavy atom. The summed E-state index contributed by atoms with van der Waals surface area (Å²) in [6.45, 7) is 0. The predicted octanol–water partition coefficient (Wildman–Crippen LogP) is 3.26. The van der Waals surface area contributed by atoms with Crippen LogP contribution in [0.5, 0.6) is 0 Å². The molecule has 0 aliphatic rings. The average Bonchev–Trinajstić information content (AvgIpc) is 2.54. The van der Waals surface area contributed by atoms with E-state index < -0.39 is 11.8 Å². The van der Waals surface area contributed by atoms with E-state index in [9.17, 15) is 9.59 Å². The number of benzene rings is 2. The van der Waals surface area contributed by atoms with Crippen LogP contribution >= 0.6 is 15.9 Å². The molecule has 0 atom stereocenters. The Labute approximate surface area is 142 Å². The van der Waals surface area contributed by atoms with Gasteiger partial charge in [-0.25, -0.2) is 0 Å². The van der Waals surface area contributed by atoms with Gasteiger partial charge in [0.2, 0.25) is 0 Å². The average molecular weight is 371 g/mol. The summed E-state index contributed by atoms with van der Waals surface area (Å²) in [5.74, 6) is -1.10. The van der Waals surface area contributed by atoms with Crippen LogP contribution < -0.4 is 11.1 Å². The van der Waals surface area contributed by atoms with Gasteiger partial charge in [-0.1, -0.05) is 64.5 Å². The summed E-state index contributed by atoms with van der Waals surface area (Å²) in [4.78, 5) is 23.6. The molecule has 0 spiro atoms. The molecule has 0 bridgehead atoms. The zero-order chi connectivity index (χ0) is 16.7. The number of hydrogen-bond acceptors (Lipinski definition) is 2. The summed E-state index contributed by atoms with van der Waals surface area (Å²) in [6.07, 6.45) is 4.95. The van der Waals surface area contributed by atoms with Crippen LogP contribution in [0.4, 0.5) is 0 Å². The number of carbonyl (C=O) groups is 2. The second-order valence-corrected chi connectivity index (χ2v) is 5.59. The fraction of sp³-hybridized carbons (Fsp3) is 0. The van der Waals surface area contributed by atoms with Gasteiger partial charge in [0.15, 0.2) is 0 Å². The number of allylic oxidation sites excluding steroid dienone is 2. The van der Waals surface area contributed by atoms with E-state index in [1.807, 2.05) is 42.5 Å². The highest BCUT2D eigenvalue weighted by Gasteiger charge is 2.11. The molecule has 2 amide bonds. The Morgan fingerprint density at radius 3 is 2.43 bits per heavy atom. The van der Waals surface area contributed by atoms with Gasteiger partial charge in [-0.05, 0) is 29.8 Å². The van der Waals surface area contributed by atoms with Gasteiger partial charge in [-0.3, -0.25) is 9.59 Å². The van der Waals surface area contributed by atoms with E-state index in [2.05, 4.69) is 21.2 Å². The Bertz CT molecular complexity index is 768. The van der Waals surface area contributed by atoms with Gasteiger partial charge in [0.05, 0.1) is 0 Å². The van der Waals surface area contributed by atoms with Crippen LogP contribution in [0.3, 0.4) is 0 Å². The SMILES string of the molecule is NC(=O)/C(=C\C=C\c1ccccc1)NC(=O)c1cccc(Br)c1. The third kappa shape index (κ3) is 5.23. The summed E-state index contributed by atoms with van der Waals surface area (Å²) in [6, 6.07) is 16.4. The standard InChI is InChI=1S/C18H15BrN2O2/c19-15-10-5-9-14(12-15)18(23)21-16(17(20)22)11-4-8-13-6-2-1-3-7-13/h1-12H,(H2,20,22)(H,21,23)/b8-4+,16-11+. The van der Waals surface area contributed by atoms with Crippen molar-refractivity contribution in [2.24, 2.45) is 5.73 Å². The molecule has 0 saturated carbocycles. The molecular weight excluding hydrogens is 356 g/mol. The first-order chi connectivity index (χ1) is 11.1. The van der Waals surface area contributed by atoms with Gasteiger partial charge in [-0.2, -0.15) is 0 Å². The molecule has 3 N–H and O–H groups in total. The lowest BCUT2D eigenvalue weighted by Gasteiger charge is -2.06. The molecule has 116 valence electrons. The molecule has 0 aromatic heterocycles. The molecule has 2 aromatic carbocycles. The van der Waals surface area contributed by atoms with Gasteiger partial charge in [0.1, 0.15) is 5.70 Å². The lowest BCUT2D eigenvalue weighted by atomic mass is 10.2. The molecule has 0 fully saturated rings. The van der Waals surface area contributed by atoms with Crippen molar-refractivity contribution in [3.8, 4) is 0 Å². The largest absolute Gasteiger partial charge is 0.364 e. The number of halogens is 1. The number of carbonyl (C=O) groups excluding carboxylic acids is 2. The minimum absolute atomic E-state index is 0.0298. The summed E-state index contributed by atoms with van der Waals surface area (Å²) in [5.41, 5.74) is 6.74. The summed E-state index contributed by atoms with van der Waals surface area (Å²) >= 11 is 3.30. The molecule has 23 heavy (non-hydrogen) atoms. The van der Waals surface area contributed by atoms with Crippen molar-refractivity contribution in [1.82, 2.24) is 5.32 Å². The molecular formula is C18H15BrN2O2. The summed E-state index contributed by atoms with van der Waals surface area (Å²) in [7, 11) is 0. The topological polar surface area (TPSA) is 72.2 Å². The molecule has 0 aliphatic heterocycles. The molecule has 0 unspecified atom stereocenters. The van der Waals surface area contributed by atoms with E-state index in [-0.39, 0.29) is 5.70 Å². The van der Waals surface area contributed by atoms with Crippen molar-refractivity contribution in [2.75, 3.05) is 0 Å². The van der Waals surface area contributed by atoms with Crippen LogP contribution in [0.2, 0.25) is 0 Å². The molecule has 0 radical (unpaired) electrons. The van der Waals surface area contributed by atoms with Gasteiger partial charge >= 0.3 is 0 Å². The quantitative estimate of drug-likeness (QED) is 0.626. The maximum absolute atomic E-state index is 12.1. The number of amides is 2. The molecule has 0 aliphatic carbocycles. The van der Waals surface area contributed by atoms with Gasteiger partial charge in [-0.15, -0.1) is 0 Å². The molecule has 2 rings (SSSR count). The van der Waals surface area contributed by atoms with Crippen molar-refractivity contribution >= 4 is 33.8 Å². The Kier molecular flexibility index (Phi) is 5.88. The minimum atomic E-state index is -0.703. The van der Waals surface area contributed by atoms with Crippen LogP contribution in [0.25, 0.3) is 6.08 Å². The number of hydrogen-bond donors (Lipinski definition) is 2. The van der Waals surface area contributed by atoms with Crippen LogP contribution in [0.15, 0.2) is 76.9 Å². The zero-order valence-corrected chi connectivity index (χ0v) is 13.8. The maximum Gasteiger partial charge on any atom is 0.265 e. The normalized spacial score (nSPS) is 11.4. The van der Waals surface area contributed by atoms with Crippen LogP contribution in [0, 0.1) is 0 Å². The summed E-state index contributed by atoms with van der Waals surface area (Å²) < 4.78 is 0.777. The van der Waals surface area contributed by atoms with E-state index in [0.717, 1.165) is 10.0 Å². The van der Waals surface area contributed by atoms with Gasteiger partial charge in [0.25, 0.3) is 11.8 Å². The van der Waals surface area contributed by atoms with E-state index in [4.69, 9.17) is 5.73 Å². The third-order valence-corrected chi connectivity index (χ3v) is 3.44. The van der Waals surface area contributed by atoms with Crippen LogP contribution in [-0.2, 0) is 4.79 Å². The van der Waals surface area contributed by atoms with E-state index in [1.165, 1.54) is 6.08 Å². The number of nitrogens with two attached hydrogens (primary N) is 1. The predicted molar refractivity (Wildman–Crippen MR) is 94.4 cm³/mol. The fourth-order valence-electron chi connectivity index (χ4n) is 1.83. The number of primary amides is 1. The van der Waals surface area contributed by atoms with Crippen molar-refractivity contribution in [2.45, 2.75) is 0 Å². The van der Waals surface area contributed by atoms with Gasteiger partial charge in [0, 0.05) is 10.0 Å². The Hall–Kier alpha value is -2.66. The van der Waals surface area contributed by atoms with Crippen molar-refractivity contribution in [3.05, 3.63) is 88.0 Å². The third-order valence-electron chi connectivity index (χ3n) is 2.95. The van der Waals surface area contributed by atoms with Crippen molar-refractivity contribution in [1.29, 1.82) is 0 Å². The zero-order valence-electron chi connectivity index (χ0n) is 12.2. The maximum atomic E-state index is 12.1. The Morgan fingerprint density at radius 1 is 1.04 bits per heavy atom. The van der Waals surface area contributed by atoms with Crippen molar-refractivity contribution < 1.29 is 9.59 Å². The number of nitrogens with one attached hydrogen (secondary N) is 1. The molecule has 2 aromatic rings. The highest BCUT2D eigenvalue weighted by atomic mass is 79.9. The minimum Gasteiger partial charge on any atom is -0.364 e. The van der Waals surface area contributed by atoms with Crippen LogP contribution in [-0.4, -0.2) is 11.8 Å². The van der Waals surface area contributed by atoms with E-state index in [1.54, 1.807) is 24.3 Å². The highest BCUT2D eigenvalue weighted by molar-refractivity contribution is 9.10. The lowest BCUT2D eigenvalue weighted by molar-refractivity contribution is -0.114. The lowest BCUT2D eigenvalue weighted by Crippen LogP contribution is -2.31. The second-order valence-electron chi connectivity index (χ2n) is 4.68. The number of rotatable bonds is 5. The molecule has 0 heterocycles. The molecule has 0 saturated heterocycles. The first kappa shape index (κ1) is 16.7. The smallest absolute Gasteiger partial charge is 0.265 e. The first-order valence-corrected chi connectivity index (χ1v) is 7.65. The molecule has 5 heteroatoms. The van der Waals surface area contributed by atoms with Crippen molar-refractivity contribution in [3.63, 3.8) is 0 Å². The Balaban J connectivity index is 2.12. The highest BCUT2D eigenvalue weighted by Crippen LogP contribution is 2.12. The fourth-order valence-corrected chi connectivity index (χ4v) is 2.23. The monoisotopic (exact) mass is 370 g/mol. The van der Waals surface area contributed by atoms with Gasteiger partial charge < -0.3 is 11.1 Å². The van der Waals surface area contributed by atoms with E-state index >= 15 is 0 Å². The molecule has 4 nitrogen and oxygen atoms in total. The van der Waals surface area contributed by atoms with Crippen LogP contribution in [0.1, 0.15) is 15.9 Å².